The number of rotatable bonds is 8. The van der Waals surface area contributed by atoms with Crippen molar-refractivity contribution in [2.24, 2.45) is 0 Å². The minimum atomic E-state index is -0.538. The van der Waals surface area contributed by atoms with E-state index in [4.69, 9.17) is 0 Å². The number of ketones is 2. The van der Waals surface area contributed by atoms with Crippen molar-refractivity contribution in [1.29, 1.82) is 0 Å². The maximum atomic E-state index is 12.5. The number of H-pyrrole nitrogens is 1. The molecule has 1 aromatic heterocycles. The van der Waals surface area contributed by atoms with Gasteiger partial charge >= 0.3 is 0 Å². The number of nitrogens with zero attached hydrogens (tertiary/aromatic N) is 2. The highest BCUT2D eigenvalue weighted by molar-refractivity contribution is 8.04. The second kappa shape index (κ2) is 7.68. The quantitative estimate of drug-likeness (QED) is 0.489. The van der Waals surface area contributed by atoms with Gasteiger partial charge in [0, 0.05) is 19.7 Å². The number of aromatic amines is 1. The molecule has 0 radical (unpaired) electrons. The number of carbonyl (C=O) groups is 5. The summed E-state index contributed by atoms with van der Waals surface area (Å²) in [6.07, 6.45) is 2.47. The molecule has 1 aliphatic carbocycles. The first-order valence-corrected chi connectivity index (χ1v) is 7.92. The van der Waals surface area contributed by atoms with Gasteiger partial charge in [-0.05, 0) is 12.2 Å². The van der Waals surface area contributed by atoms with Crippen LogP contribution in [0.3, 0.4) is 0 Å². The number of imide groups is 1. The first-order valence-electron chi connectivity index (χ1n) is 6.93. The van der Waals surface area contributed by atoms with Crippen molar-refractivity contribution in [2.75, 3.05) is 19.3 Å². The summed E-state index contributed by atoms with van der Waals surface area (Å²) in [5.41, 5.74) is -0.159. The normalized spacial score (nSPS) is 13.1. The molecule has 0 saturated heterocycles. The number of hydrogen-bond acceptors (Lipinski definition) is 7. The second-order valence-electron chi connectivity index (χ2n) is 4.75. The minimum Gasteiger partial charge on any atom is -0.354 e. The maximum Gasteiger partial charge on any atom is 0.269 e. The van der Waals surface area contributed by atoms with E-state index >= 15 is 0 Å². The van der Waals surface area contributed by atoms with Gasteiger partial charge in [-0.15, -0.1) is 11.8 Å². The topological polar surface area (TPSA) is 129 Å². The van der Waals surface area contributed by atoms with E-state index in [1.807, 2.05) is 0 Å². The number of carbonyl (C=O) groups excluding carboxylic acids is 5. The van der Waals surface area contributed by atoms with Crippen LogP contribution in [-0.2, 0) is 9.59 Å². The second-order valence-corrected chi connectivity index (χ2v) is 5.89. The number of Topliss-reactive ketones (excluding diaryl/α,β-unsaturated/α-hetero) is 1. The molecule has 0 unspecified atom stereocenters. The van der Waals surface area contributed by atoms with E-state index in [1.165, 1.54) is 13.1 Å². The summed E-state index contributed by atoms with van der Waals surface area (Å²) in [4.78, 5) is 58.4. The van der Waals surface area contributed by atoms with Crippen LogP contribution in [0.1, 0.15) is 37.8 Å². The summed E-state index contributed by atoms with van der Waals surface area (Å²) < 4.78 is 0. The fourth-order valence-corrected chi connectivity index (χ4v) is 2.99. The Morgan fingerprint density at radius 1 is 1.38 bits per heavy atom. The third-order valence-electron chi connectivity index (χ3n) is 3.26. The maximum absolute atomic E-state index is 12.5. The van der Waals surface area contributed by atoms with Gasteiger partial charge in [0.05, 0.1) is 10.5 Å². The molecule has 0 spiro atoms. The Hall–Kier alpha value is -2.75. The van der Waals surface area contributed by atoms with Gasteiger partial charge in [-0.3, -0.25) is 34.0 Å². The molecule has 0 aliphatic heterocycles. The molecular formula is C14H14N4O5S. The molecule has 0 bridgehead atoms. The fourth-order valence-electron chi connectivity index (χ4n) is 2.07. The van der Waals surface area contributed by atoms with Gasteiger partial charge in [0.2, 0.25) is 24.4 Å². The summed E-state index contributed by atoms with van der Waals surface area (Å²) >= 11 is 1.13. The zero-order chi connectivity index (χ0) is 17.7. The smallest absolute Gasteiger partial charge is 0.269 e. The van der Waals surface area contributed by atoms with E-state index in [0.29, 0.717) is 25.0 Å². The van der Waals surface area contributed by atoms with Crippen LogP contribution >= 0.6 is 11.8 Å². The molecule has 1 heterocycles. The lowest BCUT2D eigenvalue weighted by molar-refractivity contribution is -0.129. The Labute approximate surface area is 140 Å². The first-order chi connectivity index (χ1) is 11.5. The number of nitrogens with one attached hydrogen (secondary N) is 2. The standard InChI is InChI=1S/C14H14N4O5S/c1-15-14(23)12-10-11(16-17-12)8(21)5-9(13(10)22)24-4-2-3-18(6-19)7-20/h5-7H,2-4H2,1H3,(H,15,23)(H,16,17). The van der Waals surface area contributed by atoms with Crippen LogP contribution in [0.2, 0.25) is 0 Å². The Morgan fingerprint density at radius 2 is 2.08 bits per heavy atom. The van der Waals surface area contributed by atoms with E-state index in [0.717, 1.165) is 16.7 Å². The van der Waals surface area contributed by atoms with Gasteiger partial charge in [-0.25, -0.2) is 0 Å². The Kier molecular flexibility index (Phi) is 5.64. The summed E-state index contributed by atoms with van der Waals surface area (Å²) in [5, 5.41) is 8.53. The van der Waals surface area contributed by atoms with E-state index in [9.17, 15) is 24.0 Å². The van der Waals surface area contributed by atoms with Crippen molar-refractivity contribution in [3.63, 3.8) is 0 Å². The van der Waals surface area contributed by atoms with Crippen LogP contribution in [-0.4, -0.2) is 64.7 Å². The average molecular weight is 350 g/mol. The SMILES string of the molecule is CNC(=O)c1[nH]nc2c1C(=O)C(SCCCN(C=O)C=O)=CC2=O. The molecule has 1 aliphatic rings. The molecule has 1 aromatic rings. The molecule has 10 heteroatoms. The monoisotopic (exact) mass is 350 g/mol. The predicted molar refractivity (Wildman–Crippen MR) is 84.6 cm³/mol. The van der Waals surface area contributed by atoms with E-state index < -0.39 is 17.5 Å². The Bertz CT molecular complexity index is 732. The summed E-state index contributed by atoms with van der Waals surface area (Å²) in [7, 11) is 1.40. The Balaban J connectivity index is 2.09. The van der Waals surface area contributed by atoms with E-state index in [2.05, 4.69) is 15.5 Å². The zero-order valence-electron chi connectivity index (χ0n) is 12.7. The van der Waals surface area contributed by atoms with Crippen LogP contribution in [0.25, 0.3) is 0 Å². The minimum absolute atomic E-state index is 0.0354. The number of aromatic nitrogens is 2. The van der Waals surface area contributed by atoms with Gasteiger partial charge in [0.15, 0.2) is 0 Å². The van der Waals surface area contributed by atoms with Gasteiger partial charge in [0.25, 0.3) is 5.91 Å². The molecule has 0 aromatic carbocycles. The molecule has 24 heavy (non-hydrogen) atoms. The summed E-state index contributed by atoms with van der Waals surface area (Å²) in [5.74, 6) is -1.03. The number of amides is 3. The van der Waals surface area contributed by atoms with Gasteiger partial charge in [0.1, 0.15) is 11.4 Å². The highest BCUT2D eigenvalue weighted by Crippen LogP contribution is 2.29. The average Bonchev–Trinajstić information content (AvgIpc) is 3.04. The van der Waals surface area contributed by atoms with Crippen LogP contribution < -0.4 is 5.32 Å². The number of fused-ring (bicyclic) bond motifs is 1. The summed E-state index contributed by atoms with van der Waals surface area (Å²) in [6.45, 7) is 0.218. The lowest BCUT2D eigenvalue weighted by Gasteiger charge is -2.12. The molecule has 2 rings (SSSR count). The first kappa shape index (κ1) is 17.6. The predicted octanol–water partition coefficient (Wildman–Crippen LogP) is -0.230. The molecular weight excluding hydrogens is 336 g/mol. The Morgan fingerprint density at radius 3 is 2.71 bits per heavy atom. The van der Waals surface area contributed by atoms with Crippen LogP contribution in [0, 0.1) is 0 Å². The largest absolute Gasteiger partial charge is 0.354 e. The lowest BCUT2D eigenvalue weighted by atomic mass is 9.99. The highest BCUT2D eigenvalue weighted by Gasteiger charge is 2.33. The van der Waals surface area contributed by atoms with Crippen LogP contribution in [0.5, 0.6) is 0 Å². The molecule has 0 atom stereocenters. The van der Waals surface area contributed by atoms with Crippen molar-refractivity contribution in [1.82, 2.24) is 20.4 Å². The summed E-state index contributed by atoms with van der Waals surface area (Å²) in [6, 6.07) is 0. The van der Waals surface area contributed by atoms with Crippen LogP contribution in [0.4, 0.5) is 0 Å². The van der Waals surface area contributed by atoms with Crippen molar-refractivity contribution >= 4 is 42.1 Å². The molecule has 0 fully saturated rings. The van der Waals surface area contributed by atoms with Crippen molar-refractivity contribution in [2.45, 2.75) is 6.42 Å². The van der Waals surface area contributed by atoms with E-state index in [1.54, 1.807) is 0 Å². The van der Waals surface area contributed by atoms with Gasteiger partial charge in [-0.2, -0.15) is 5.10 Å². The van der Waals surface area contributed by atoms with Crippen LogP contribution in [0.15, 0.2) is 11.0 Å². The lowest BCUT2D eigenvalue weighted by Crippen LogP contribution is -2.24. The van der Waals surface area contributed by atoms with Crippen molar-refractivity contribution < 1.29 is 24.0 Å². The van der Waals surface area contributed by atoms with Gasteiger partial charge in [-0.1, -0.05) is 0 Å². The third-order valence-corrected chi connectivity index (χ3v) is 4.36. The third kappa shape index (κ3) is 3.43. The number of thioether (sulfide) groups is 1. The zero-order valence-corrected chi connectivity index (χ0v) is 13.5. The van der Waals surface area contributed by atoms with Gasteiger partial charge < -0.3 is 5.32 Å². The van der Waals surface area contributed by atoms with Crippen molar-refractivity contribution in [3.05, 3.63) is 27.9 Å². The molecule has 9 nitrogen and oxygen atoms in total. The number of hydrogen-bond donors (Lipinski definition) is 2. The number of allylic oxidation sites excluding steroid dienone is 2. The molecule has 2 N–H and O–H groups in total. The molecule has 0 saturated carbocycles. The van der Waals surface area contributed by atoms with Crippen molar-refractivity contribution in [3.8, 4) is 0 Å². The molecule has 126 valence electrons. The molecule has 3 amide bonds. The fraction of sp³-hybridized carbons (Fsp3) is 0.286. The van der Waals surface area contributed by atoms with E-state index in [-0.39, 0.29) is 28.4 Å². The highest BCUT2D eigenvalue weighted by atomic mass is 32.2.